The van der Waals surface area contributed by atoms with Crippen LogP contribution in [0.15, 0.2) is 0 Å². The van der Waals surface area contributed by atoms with Crippen molar-refractivity contribution in [3.05, 3.63) is 0 Å². The van der Waals surface area contributed by atoms with E-state index in [2.05, 4.69) is 455 Å². The van der Waals surface area contributed by atoms with E-state index in [1.165, 1.54) is 0 Å². The van der Waals surface area contributed by atoms with Crippen molar-refractivity contribution in [1.82, 2.24) is 0 Å². The van der Waals surface area contributed by atoms with Gasteiger partial charge in [-0.15, -0.1) is 455 Å². The van der Waals surface area contributed by atoms with E-state index in [-0.39, 0.29) is 6.99 Å². The summed E-state index contributed by atoms with van der Waals surface area (Å²) in [6.07, 6.45) is 0. The minimum atomic E-state index is -0.654. The summed E-state index contributed by atoms with van der Waals surface area (Å²) in [5.74, 6) is 0. The van der Waals surface area contributed by atoms with Gasteiger partial charge >= 0.3 is 0 Å². The van der Waals surface area contributed by atoms with E-state index in [0.717, 1.165) is 0 Å². The van der Waals surface area contributed by atoms with E-state index in [4.69, 9.17) is 0 Å². The predicted molar refractivity (Wildman–Crippen MR) is 834 cm³/mol. The zero-order valence-corrected chi connectivity index (χ0v) is 154. The summed E-state index contributed by atoms with van der Waals surface area (Å²) in [5, 5.41) is 0. The predicted octanol–water partition coefficient (Wildman–Crippen LogP) is 58.8. The van der Waals surface area contributed by atoms with Gasteiger partial charge in [-0.2, -0.15) is 0 Å². The lowest BCUT2D eigenvalue weighted by Gasteiger charge is -2.64. The largest absolute Gasteiger partial charge is 0.102 e. The lowest BCUT2D eigenvalue weighted by atomic mass is 28.3. The summed E-state index contributed by atoms with van der Waals surface area (Å²) in [6, 6.07) is 0. The first-order valence-corrected chi connectivity index (χ1v) is 205. The number of rotatable bonds is 48. The maximum absolute atomic E-state index is 4.01. The van der Waals surface area contributed by atoms with E-state index in [9.17, 15) is 0 Å². The average molecular weight is 3200 g/mol. The third kappa shape index (κ3) is 50.0. The molecule has 0 heterocycles. The Morgan fingerprint density at radius 1 is 0.0600 bits per heavy atom. The summed E-state index contributed by atoms with van der Waals surface area (Å²) in [4.78, 5) is 0. The first kappa shape index (κ1) is 143. The van der Waals surface area contributed by atoms with Crippen LogP contribution in [0.2, 0.25) is 0 Å². The molecule has 0 aliphatic carbocycles. The van der Waals surface area contributed by atoms with E-state index >= 15 is 0 Å². The zero-order chi connectivity index (χ0) is 79.3. The Morgan fingerprint density at radius 3 is 0.190 bits per heavy atom. The fraction of sp³-hybridized carbons (Fsp3) is 0. The Kier molecular flexibility index (Phi) is 112. The number of hydrogen-bond donors (Lipinski definition) is 0. The van der Waals surface area contributed by atoms with Crippen LogP contribution in [-0.4, -0.2) is 0 Å². The molecule has 0 amide bonds. The molecule has 55 atom stereocenters. The van der Waals surface area contributed by atoms with Crippen molar-refractivity contribution >= 4 is 798 Å². The Labute approximate surface area is 784 Å². The Balaban J connectivity index is 14.7. The molecule has 0 aliphatic heterocycles. The van der Waals surface area contributed by atoms with Crippen molar-refractivity contribution in [2.75, 3.05) is 0 Å². The summed E-state index contributed by atoms with van der Waals surface area (Å²) in [5.41, 5.74) is 0. The second-order valence-electron chi connectivity index (χ2n) is 16.0. The summed E-state index contributed by atoms with van der Waals surface area (Å²) in [7, 11) is 194. The molecule has 55 unspecified atom stereocenters. The highest BCUT2D eigenvalue weighted by Gasteiger charge is 2.67. The molecule has 0 nitrogen and oxygen atoms in total. The molecule has 0 aromatic heterocycles. The minimum absolute atomic E-state index is 0.365. The SMILES string of the molecule is PP(P)P(P)P(P(P(P)P)P(P)P)P(P(P(P)P)P(P)P)P(P(P(P(P)P)P(P)P)P(P(P)P)P(P)P)P(P(P(P(P(P)P)P(P)P)P(P(P)P)P(P)P)P(P(P(P)P)P(P)P)P(P(P)P)P(P)P)P(P(P(P(P)P)P(P)P)P(P(P)P)P(P)P)P(P(P(P)P)P(P)P)P(P(P)P)P(P)P. The van der Waals surface area contributed by atoms with Gasteiger partial charge < -0.3 is 0 Å². The van der Waals surface area contributed by atoms with Gasteiger partial charge in [0, 0.05) is 0 Å². The van der Waals surface area contributed by atoms with Gasteiger partial charge in [0.15, 0.2) is 0 Å². The molecule has 100 heavy (non-hydrogen) atoms. The maximum atomic E-state index is 4.01. The third-order valence-corrected chi connectivity index (χ3v) is 721. The fourth-order valence-corrected chi connectivity index (χ4v) is 1490. The van der Waals surface area contributed by atoms with Crippen LogP contribution in [0.4, 0.5) is 0 Å². The zero-order valence-electron chi connectivity index (χ0n) is 51.4. The molecule has 100 heteroatoms. The highest BCUT2D eigenvalue weighted by atomic mass is 33.7. The normalized spacial score (nSPS) is 15.8. The van der Waals surface area contributed by atoms with Crippen molar-refractivity contribution < 1.29 is 0 Å². The molecule has 0 fully saturated rings. The molecule has 602 valence electrons. The molecular formula is H102P100. The van der Waals surface area contributed by atoms with Crippen LogP contribution in [0.1, 0.15) is 0 Å². The van der Waals surface area contributed by atoms with Gasteiger partial charge in [0.1, 0.15) is 0 Å². The summed E-state index contributed by atoms with van der Waals surface area (Å²) >= 11 is 0. The Bertz CT molecular complexity index is 1690. The van der Waals surface area contributed by atoms with E-state index in [0.29, 0.717) is 0 Å². The van der Waals surface area contributed by atoms with Gasteiger partial charge in [0.25, 0.3) is 0 Å². The quantitative estimate of drug-likeness (QED) is 0.0533. The van der Waals surface area contributed by atoms with Crippen LogP contribution in [0.25, 0.3) is 0 Å². The first-order chi connectivity index (χ1) is 45.4. The second kappa shape index (κ2) is 78.2. The van der Waals surface area contributed by atoms with Gasteiger partial charge in [-0.3, -0.25) is 0 Å². The van der Waals surface area contributed by atoms with E-state index in [1.54, 1.807) is 0 Å². The van der Waals surface area contributed by atoms with Crippen LogP contribution in [0, 0.1) is 0 Å². The van der Waals surface area contributed by atoms with Crippen molar-refractivity contribution in [2.24, 2.45) is 0 Å². The fourth-order valence-electron chi connectivity index (χ4n) is 6.12. The van der Waals surface area contributed by atoms with Crippen molar-refractivity contribution in [3.63, 3.8) is 0 Å². The number of hydrogen-bond acceptors (Lipinski definition) is 0. The van der Waals surface area contributed by atoms with Crippen molar-refractivity contribution in [2.45, 2.75) is 0 Å². The molecule has 0 saturated heterocycles. The van der Waals surface area contributed by atoms with Crippen LogP contribution in [0.3, 0.4) is 0 Å². The van der Waals surface area contributed by atoms with Gasteiger partial charge in [-0.05, 0) is 342 Å². The lowest BCUT2D eigenvalue weighted by Crippen LogP contribution is -1.77. The maximum Gasteiger partial charge on any atom is -0.000000225 e. The standard InChI is InChI=1S/H102P100/c1-52(2)77(51)90(78(53(3)4)54(5)6)96(89(75(47)48)76(49)50)99(95(87(71(39)40)72(41)42)88(73(43)44)74(45)46)100(97(91(79(55(7)8)56(9)10)80(57(11)12)58(13)14)92(81(59(15)16)60(17)18)82(61(19)20)62(21)22)98(93(83(63(23)24)64(25)26)84(65(27)28)66(29)30)94(85(67(31)32)68(33)34)86(69(35)36)70(37)38/h1-51H2. The van der Waals surface area contributed by atoms with Crippen LogP contribution in [-0.2, 0) is 0 Å². The van der Waals surface area contributed by atoms with Crippen molar-refractivity contribution in [3.8, 4) is 0 Å². The molecule has 0 aliphatic rings. The molecule has 0 bridgehead atoms. The third-order valence-electron chi connectivity index (χ3n) is 8.90. The molecule has 0 N–H and O–H groups in total. The minimum Gasteiger partial charge on any atom is -0.102 e. The van der Waals surface area contributed by atoms with Gasteiger partial charge in [0.2, 0.25) is 0 Å². The first-order valence-electron chi connectivity index (χ1n) is 22.8. The summed E-state index contributed by atoms with van der Waals surface area (Å²) < 4.78 is 0. The van der Waals surface area contributed by atoms with Crippen LogP contribution < -0.4 is 0 Å². The average Bonchev–Trinajstić information content (AvgIpc) is 3.39. The molecule has 0 spiro atoms. The monoisotopic (exact) mass is 3200 g/mol. The van der Waals surface area contributed by atoms with Gasteiger partial charge in [0.05, 0.1) is 0 Å². The van der Waals surface area contributed by atoms with Crippen molar-refractivity contribution in [1.29, 1.82) is 0 Å². The molecular weight excluding hydrogens is 3100 g/mol. The molecule has 0 rings (SSSR count). The highest BCUT2D eigenvalue weighted by Crippen LogP contribution is 3.55. The molecule has 0 radical (unpaired) electrons. The summed E-state index contributed by atoms with van der Waals surface area (Å²) in [6.45, 7) is -22.3. The molecule has 0 saturated carbocycles. The highest BCUT2D eigenvalue weighted by molar-refractivity contribution is 9.60. The lowest BCUT2D eigenvalue weighted by molar-refractivity contribution is 4.29. The van der Waals surface area contributed by atoms with E-state index in [1.807, 2.05) is 0 Å². The molecule has 0 aromatic rings. The van der Waals surface area contributed by atoms with Crippen LogP contribution >= 0.6 is 798 Å². The van der Waals surface area contributed by atoms with E-state index < -0.39 is 335 Å². The van der Waals surface area contributed by atoms with Crippen LogP contribution in [0.5, 0.6) is 0 Å². The topological polar surface area (TPSA) is 0 Å². The van der Waals surface area contributed by atoms with Gasteiger partial charge in [-0.1, -0.05) is 0 Å². The Hall–Kier alpha value is 43.0. The molecule has 0 aromatic carbocycles. The van der Waals surface area contributed by atoms with Gasteiger partial charge in [-0.25, -0.2) is 0 Å². The Morgan fingerprint density at radius 2 is 0.120 bits per heavy atom. The second-order valence-corrected chi connectivity index (χ2v) is 432. The smallest absolute Gasteiger partial charge is 0.000000225 e.